The predicted octanol–water partition coefficient (Wildman–Crippen LogP) is 4.11. The van der Waals surface area contributed by atoms with E-state index in [0.717, 1.165) is 15.6 Å². The highest BCUT2D eigenvalue weighted by Gasteiger charge is 2.36. The Labute approximate surface area is 139 Å². The summed E-state index contributed by atoms with van der Waals surface area (Å²) >= 11 is 3.43. The molecule has 2 rings (SSSR count). The number of hydrogen-bond donors (Lipinski definition) is 1. The van der Waals surface area contributed by atoms with Gasteiger partial charge in [-0.15, -0.1) is 0 Å². The fourth-order valence-electron chi connectivity index (χ4n) is 2.77. The van der Waals surface area contributed by atoms with Crippen LogP contribution in [0.25, 0.3) is 0 Å². The highest BCUT2D eigenvalue weighted by atomic mass is 79.9. The molecule has 1 aliphatic rings. The maximum atomic E-state index is 12.6. The molecule has 0 aromatic heterocycles. The fourth-order valence-corrected chi connectivity index (χ4v) is 3.18. The first-order chi connectivity index (χ1) is 10.2. The first kappa shape index (κ1) is 17.0. The normalized spacial score (nSPS) is 18.8. The van der Waals surface area contributed by atoms with Crippen molar-refractivity contribution in [2.75, 3.05) is 0 Å². The number of Topliss-reactive ketones (excluding diaryl/α,β-unsaturated/α-hetero) is 1. The third-order valence-corrected chi connectivity index (χ3v) is 4.23. The molecule has 1 amide bonds. The summed E-state index contributed by atoms with van der Waals surface area (Å²) in [5.74, 6) is -0.118. The van der Waals surface area contributed by atoms with Gasteiger partial charge in [-0.25, -0.2) is 4.79 Å². The van der Waals surface area contributed by atoms with Gasteiger partial charge >= 0.3 is 6.09 Å². The lowest BCUT2D eigenvalue weighted by Crippen LogP contribution is -2.44. The molecule has 0 radical (unpaired) electrons. The van der Waals surface area contributed by atoms with Gasteiger partial charge in [0, 0.05) is 22.0 Å². The van der Waals surface area contributed by atoms with E-state index in [1.165, 1.54) is 0 Å². The van der Waals surface area contributed by atoms with Crippen LogP contribution < -0.4 is 5.32 Å². The van der Waals surface area contributed by atoms with Gasteiger partial charge in [0.1, 0.15) is 5.60 Å². The van der Waals surface area contributed by atoms with E-state index < -0.39 is 11.7 Å². The number of carbonyl (C=O) groups excluding carboxylic acids is 2. The van der Waals surface area contributed by atoms with Crippen molar-refractivity contribution in [2.24, 2.45) is 5.92 Å². The second kappa shape index (κ2) is 6.41. The Balaban J connectivity index is 2.10. The van der Waals surface area contributed by atoms with Gasteiger partial charge in [0.25, 0.3) is 0 Å². The van der Waals surface area contributed by atoms with E-state index in [1.54, 1.807) is 0 Å². The predicted molar refractivity (Wildman–Crippen MR) is 89.1 cm³/mol. The number of fused-ring (bicyclic) bond motifs is 1. The number of halogens is 1. The van der Waals surface area contributed by atoms with E-state index in [9.17, 15) is 9.59 Å². The molecule has 2 atom stereocenters. The van der Waals surface area contributed by atoms with Gasteiger partial charge in [-0.05, 0) is 51.3 Å². The number of amides is 1. The van der Waals surface area contributed by atoms with E-state index in [-0.39, 0.29) is 17.7 Å². The second-order valence-corrected chi connectivity index (χ2v) is 7.55. The summed E-state index contributed by atoms with van der Waals surface area (Å²) in [6.07, 6.45) is 0.872. The van der Waals surface area contributed by atoms with Gasteiger partial charge in [-0.2, -0.15) is 0 Å². The summed E-state index contributed by atoms with van der Waals surface area (Å²) in [6, 6.07) is 5.49. The number of carbonyl (C=O) groups is 2. The maximum Gasteiger partial charge on any atom is 0.407 e. The van der Waals surface area contributed by atoms with Crippen LogP contribution in [0.2, 0.25) is 0 Å². The summed E-state index contributed by atoms with van der Waals surface area (Å²) in [5, 5.41) is 2.85. The summed E-state index contributed by atoms with van der Waals surface area (Å²) in [5.41, 5.74) is 1.25. The minimum absolute atomic E-state index is 0.102. The molecule has 1 aromatic rings. The van der Waals surface area contributed by atoms with Gasteiger partial charge in [-0.3, -0.25) is 4.79 Å². The highest BCUT2D eigenvalue weighted by molar-refractivity contribution is 9.10. The number of benzene rings is 1. The molecular weight excluding hydrogens is 346 g/mol. The van der Waals surface area contributed by atoms with Crippen molar-refractivity contribution >= 4 is 27.8 Å². The Morgan fingerprint density at radius 1 is 1.45 bits per heavy atom. The van der Waals surface area contributed by atoms with E-state index in [2.05, 4.69) is 21.2 Å². The first-order valence-corrected chi connectivity index (χ1v) is 8.32. The van der Waals surface area contributed by atoms with Gasteiger partial charge in [-0.1, -0.05) is 28.9 Å². The highest BCUT2D eigenvalue weighted by Crippen LogP contribution is 2.32. The zero-order valence-corrected chi connectivity index (χ0v) is 15.0. The summed E-state index contributed by atoms with van der Waals surface area (Å²) in [7, 11) is 0. The molecule has 1 aromatic carbocycles. The lowest BCUT2D eigenvalue weighted by molar-refractivity contribution is 0.0483. The van der Waals surface area contributed by atoms with Crippen molar-refractivity contribution < 1.29 is 14.3 Å². The maximum absolute atomic E-state index is 12.6. The van der Waals surface area contributed by atoms with Crippen LogP contribution in [0.1, 0.15) is 50.0 Å². The van der Waals surface area contributed by atoms with E-state index >= 15 is 0 Å². The van der Waals surface area contributed by atoms with Crippen LogP contribution in [0.15, 0.2) is 22.7 Å². The van der Waals surface area contributed by atoms with Crippen molar-refractivity contribution in [3.8, 4) is 0 Å². The van der Waals surface area contributed by atoms with Gasteiger partial charge in [0.15, 0.2) is 5.78 Å². The quantitative estimate of drug-likeness (QED) is 0.874. The van der Waals surface area contributed by atoms with Gasteiger partial charge in [0.05, 0.1) is 0 Å². The van der Waals surface area contributed by atoms with Crippen LogP contribution in [0, 0.1) is 5.92 Å². The molecule has 2 unspecified atom stereocenters. The molecule has 1 aliphatic carbocycles. The van der Waals surface area contributed by atoms with Gasteiger partial charge in [0.2, 0.25) is 0 Å². The van der Waals surface area contributed by atoms with Crippen LogP contribution in [-0.2, 0) is 11.2 Å². The summed E-state index contributed by atoms with van der Waals surface area (Å²) in [4.78, 5) is 24.5. The Bertz CT molecular complexity index is 592. The van der Waals surface area contributed by atoms with Crippen molar-refractivity contribution in [2.45, 2.75) is 52.2 Å². The summed E-state index contributed by atoms with van der Waals surface area (Å²) in [6.45, 7) is 7.43. The van der Waals surface area contributed by atoms with Crippen molar-refractivity contribution in [1.29, 1.82) is 0 Å². The molecule has 0 aliphatic heterocycles. The Morgan fingerprint density at radius 3 is 2.73 bits per heavy atom. The molecule has 0 bridgehead atoms. The van der Waals surface area contributed by atoms with Crippen LogP contribution >= 0.6 is 15.9 Å². The zero-order chi connectivity index (χ0) is 16.5. The Morgan fingerprint density at radius 2 is 2.14 bits per heavy atom. The van der Waals surface area contributed by atoms with E-state index in [1.807, 2.05) is 45.9 Å². The molecule has 0 fully saturated rings. The second-order valence-electron chi connectivity index (χ2n) is 6.64. The topological polar surface area (TPSA) is 55.4 Å². The average Bonchev–Trinajstić information content (AvgIpc) is 2.70. The van der Waals surface area contributed by atoms with Crippen LogP contribution in [0.4, 0.5) is 4.79 Å². The molecule has 0 saturated carbocycles. The minimum atomic E-state index is -0.546. The molecule has 0 saturated heterocycles. The standard InChI is InChI=1S/C17H22BrNO3/c1-5-14(19-16(21)22-17(2,3)4)13-9-10-8-11(18)6-7-12(10)15(13)20/h6-8,13-14H,5,9H2,1-4H3,(H,19,21). The first-order valence-electron chi connectivity index (χ1n) is 7.53. The molecule has 0 heterocycles. The SMILES string of the molecule is CCC(NC(=O)OC(C)(C)C)C1Cc2cc(Br)ccc2C1=O. The third-order valence-electron chi connectivity index (χ3n) is 3.74. The zero-order valence-electron chi connectivity index (χ0n) is 13.4. The van der Waals surface area contributed by atoms with Crippen molar-refractivity contribution in [3.63, 3.8) is 0 Å². The molecular formula is C17H22BrNO3. The molecule has 4 nitrogen and oxygen atoms in total. The molecule has 120 valence electrons. The van der Waals surface area contributed by atoms with Crippen LogP contribution in [0.5, 0.6) is 0 Å². The van der Waals surface area contributed by atoms with E-state index in [4.69, 9.17) is 4.74 Å². The number of ether oxygens (including phenoxy) is 1. The fraction of sp³-hybridized carbons (Fsp3) is 0.529. The Hall–Kier alpha value is -1.36. The van der Waals surface area contributed by atoms with E-state index in [0.29, 0.717) is 12.8 Å². The summed E-state index contributed by atoms with van der Waals surface area (Å²) < 4.78 is 6.26. The number of alkyl carbamates (subject to hydrolysis) is 1. The number of rotatable bonds is 3. The van der Waals surface area contributed by atoms with Crippen LogP contribution in [-0.4, -0.2) is 23.5 Å². The molecule has 0 spiro atoms. The van der Waals surface area contributed by atoms with Gasteiger partial charge < -0.3 is 10.1 Å². The van der Waals surface area contributed by atoms with Crippen LogP contribution in [0.3, 0.4) is 0 Å². The monoisotopic (exact) mass is 367 g/mol. The molecule has 1 N–H and O–H groups in total. The Kier molecular flexibility index (Phi) is 4.95. The molecule has 22 heavy (non-hydrogen) atoms. The number of nitrogens with one attached hydrogen (secondary N) is 1. The minimum Gasteiger partial charge on any atom is -0.444 e. The molecule has 5 heteroatoms. The van der Waals surface area contributed by atoms with Crippen molar-refractivity contribution in [3.05, 3.63) is 33.8 Å². The average molecular weight is 368 g/mol. The lowest BCUT2D eigenvalue weighted by atomic mass is 9.93. The third kappa shape index (κ3) is 3.88. The number of hydrogen-bond acceptors (Lipinski definition) is 3. The largest absolute Gasteiger partial charge is 0.444 e. The smallest absolute Gasteiger partial charge is 0.407 e. The number of ketones is 1. The van der Waals surface area contributed by atoms with Crippen molar-refractivity contribution in [1.82, 2.24) is 5.32 Å². The lowest BCUT2D eigenvalue weighted by Gasteiger charge is -2.25.